The Balaban J connectivity index is 2.10. The molecule has 0 saturated carbocycles. The van der Waals surface area contributed by atoms with Crippen LogP contribution in [0.1, 0.15) is 84.0 Å². The largest absolute Gasteiger partial charge is 0.394 e. The van der Waals surface area contributed by atoms with Crippen LogP contribution >= 0.6 is 0 Å². The summed E-state index contributed by atoms with van der Waals surface area (Å²) in [5.74, 6) is 0. The number of allylic oxidation sites excluding steroid dienone is 1. The van der Waals surface area contributed by atoms with Gasteiger partial charge in [-0.15, -0.1) is 0 Å². The third-order valence-corrected chi connectivity index (χ3v) is 6.11. The first-order chi connectivity index (χ1) is 15.4. The fraction of sp³-hybridized carbons (Fsp3) is 0.917. The zero-order valence-electron chi connectivity index (χ0n) is 19.9. The molecule has 1 unspecified atom stereocenters. The summed E-state index contributed by atoms with van der Waals surface area (Å²) in [4.78, 5) is 0. The highest BCUT2D eigenvalue weighted by Gasteiger charge is 2.44. The highest BCUT2D eigenvalue weighted by molar-refractivity contribution is 4.92. The lowest BCUT2D eigenvalue weighted by Gasteiger charge is -2.39. The van der Waals surface area contributed by atoms with E-state index in [1.807, 2.05) is 6.08 Å². The average Bonchev–Trinajstić information content (AvgIpc) is 2.79. The second kappa shape index (κ2) is 17.8. The van der Waals surface area contributed by atoms with E-state index in [2.05, 4.69) is 12.7 Å². The van der Waals surface area contributed by atoms with Gasteiger partial charge in [-0.2, -0.15) is 0 Å². The molecule has 1 heterocycles. The van der Waals surface area contributed by atoms with Crippen molar-refractivity contribution in [2.24, 2.45) is 0 Å². The van der Waals surface area contributed by atoms with Crippen molar-refractivity contribution in [3.05, 3.63) is 12.2 Å². The van der Waals surface area contributed by atoms with Crippen molar-refractivity contribution in [3.8, 4) is 0 Å². The number of unbranched alkanes of at least 4 members (excludes halogenated alkanes) is 11. The van der Waals surface area contributed by atoms with Gasteiger partial charge in [-0.1, -0.05) is 83.3 Å². The van der Waals surface area contributed by atoms with Crippen LogP contribution in [0.15, 0.2) is 12.2 Å². The second-order valence-corrected chi connectivity index (χ2v) is 9.03. The molecule has 0 aliphatic carbocycles. The van der Waals surface area contributed by atoms with E-state index in [9.17, 15) is 25.5 Å². The van der Waals surface area contributed by atoms with E-state index in [1.54, 1.807) is 6.08 Å². The van der Waals surface area contributed by atoms with E-state index in [0.717, 1.165) is 12.8 Å². The molecule has 32 heavy (non-hydrogen) atoms. The number of rotatable bonds is 18. The Bertz CT molecular complexity index is 477. The van der Waals surface area contributed by atoms with Gasteiger partial charge >= 0.3 is 0 Å². The predicted octanol–water partition coefficient (Wildman–Crippen LogP) is 1.03. The molecular formula is C24H48NO7+. The molecule has 8 heteroatoms. The van der Waals surface area contributed by atoms with Crippen molar-refractivity contribution in [1.29, 1.82) is 0 Å². The van der Waals surface area contributed by atoms with Gasteiger partial charge in [-0.25, -0.2) is 0 Å². The van der Waals surface area contributed by atoms with Gasteiger partial charge in [-0.05, 0) is 12.8 Å². The number of aliphatic hydroxyl groups excluding tert-OH is 5. The van der Waals surface area contributed by atoms with E-state index >= 15 is 0 Å². The fourth-order valence-electron chi connectivity index (χ4n) is 3.84. The molecule has 0 aromatic carbocycles. The first-order valence-electron chi connectivity index (χ1n) is 12.5. The van der Waals surface area contributed by atoms with Crippen LogP contribution in [-0.4, -0.2) is 81.6 Å². The molecule has 190 valence electrons. The maximum atomic E-state index is 10.2. The molecule has 8 N–H and O–H groups in total. The lowest BCUT2D eigenvalue weighted by atomic mass is 9.99. The SMILES string of the molecule is CCCCCCCCCCCCC/C=C/[C@@H](O)[C@@H]([NH3+])COC1O[C@H](CO)[C@@H](O)[C@H](O)[C@H]1O. The predicted molar refractivity (Wildman–Crippen MR) is 123 cm³/mol. The van der Waals surface area contributed by atoms with Crippen molar-refractivity contribution < 1.29 is 40.7 Å². The number of quaternary nitrogens is 1. The first-order valence-corrected chi connectivity index (χ1v) is 12.5. The minimum atomic E-state index is -1.48. The molecular weight excluding hydrogens is 414 g/mol. The van der Waals surface area contributed by atoms with E-state index in [-0.39, 0.29) is 6.61 Å². The van der Waals surface area contributed by atoms with E-state index in [1.165, 1.54) is 64.2 Å². The standard InChI is InChI=1S/C24H47NO7/c1-2-3-4-5-6-7-8-9-10-11-12-13-14-15-19(27)18(25)17-31-24-23(30)22(29)21(28)20(16-26)32-24/h14-15,18-24,26-30H,2-13,16-17,25H2,1H3/p+1/b15-14+/t18-,19+,20+,21+,22-,23+,24?/m0/s1. The zero-order valence-corrected chi connectivity index (χ0v) is 19.9. The minimum absolute atomic E-state index is 0.00730. The Morgan fingerprint density at radius 2 is 1.44 bits per heavy atom. The van der Waals surface area contributed by atoms with Crippen molar-refractivity contribution in [1.82, 2.24) is 0 Å². The summed E-state index contributed by atoms with van der Waals surface area (Å²) in [6.45, 7) is 1.73. The van der Waals surface area contributed by atoms with Crippen molar-refractivity contribution in [3.63, 3.8) is 0 Å². The van der Waals surface area contributed by atoms with Crippen LogP contribution in [0.4, 0.5) is 0 Å². The maximum absolute atomic E-state index is 10.2. The van der Waals surface area contributed by atoms with Crippen LogP contribution < -0.4 is 5.73 Å². The monoisotopic (exact) mass is 462 g/mol. The van der Waals surface area contributed by atoms with Crippen LogP contribution in [0.5, 0.6) is 0 Å². The summed E-state index contributed by atoms with van der Waals surface area (Å²) in [6, 6.07) is -0.490. The molecule has 0 spiro atoms. The summed E-state index contributed by atoms with van der Waals surface area (Å²) < 4.78 is 10.7. The number of hydrogen-bond acceptors (Lipinski definition) is 7. The van der Waals surface area contributed by atoms with E-state index in [4.69, 9.17) is 9.47 Å². The summed E-state index contributed by atoms with van der Waals surface area (Å²) in [7, 11) is 0. The normalized spacial score (nSPS) is 28.3. The Morgan fingerprint density at radius 1 is 0.875 bits per heavy atom. The van der Waals surface area contributed by atoms with Gasteiger partial charge in [-0.3, -0.25) is 0 Å². The van der Waals surface area contributed by atoms with Gasteiger partial charge in [0.15, 0.2) is 6.29 Å². The van der Waals surface area contributed by atoms with Gasteiger partial charge in [0.2, 0.25) is 0 Å². The molecule has 7 atom stereocenters. The van der Waals surface area contributed by atoms with Gasteiger partial charge in [0.1, 0.15) is 43.2 Å². The minimum Gasteiger partial charge on any atom is -0.394 e. The van der Waals surface area contributed by atoms with Crippen molar-refractivity contribution in [2.45, 2.75) is 127 Å². The molecule has 0 amide bonds. The Morgan fingerprint density at radius 3 is 2.00 bits per heavy atom. The molecule has 0 radical (unpaired) electrons. The summed E-state index contributed by atoms with van der Waals surface area (Å²) in [5.41, 5.74) is 3.88. The van der Waals surface area contributed by atoms with Gasteiger partial charge in [0.25, 0.3) is 0 Å². The maximum Gasteiger partial charge on any atom is 0.186 e. The highest BCUT2D eigenvalue weighted by Crippen LogP contribution is 2.22. The highest BCUT2D eigenvalue weighted by atomic mass is 16.7. The van der Waals surface area contributed by atoms with Crippen LogP contribution in [0.25, 0.3) is 0 Å². The zero-order chi connectivity index (χ0) is 23.8. The number of aliphatic hydroxyl groups is 5. The smallest absolute Gasteiger partial charge is 0.186 e. The average molecular weight is 463 g/mol. The summed E-state index contributed by atoms with van der Waals surface area (Å²) in [5, 5.41) is 49.0. The quantitative estimate of drug-likeness (QED) is 0.132. The third kappa shape index (κ3) is 11.5. The molecule has 1 fully saturated rings. The molecule has 0 aromatic rings. The lowest BCUT2D eigenvalue weighted by Crippen LogP contribution is -2.69. The van der Waals surface area contributed by atoms with Crippen LogP contribution in [-0.2, 0) is 9.47 Å². The van der Waals surface area contributed by atoms with Gasteiger partial charge in [0, 0.05) is 0 Å². The first kappa shape index (κ1) is 29.5. The number of ether oxygens (including phenoxy) is 2. The van der Waals surface area contributed by atoms with Gasteiger partial charge < -0.3 is 40.7 Å². The topological polar surface area (TPSA) is 147 Å². The number of hydrogen-bond donors (Lipinski definition) is 6. The lowest BCUT2D eigenvalue weighted by molar-refractivity contribution is -0.447. The molecule has 1 rings (SSSR count). The van der Waals surface area contributed by atoms with Crippen LogP contribution in [0.2, 0.25) is 0 Å². The molecule has 1 aliphatic rings. The fourth-order valence-corrected chi connectivity index (χ4v) is 3.84. The Hall–Kier alpha value is -0.580. The molecule has 8 nitrogen and oxygen atoms in total. The molecule has 0 bridgehead atoms. The van der Waals surface area contributed by atoms with Crippen molar-refractivity contribution in [2.75, 3.05) is 13.2 Å². The van der Waals surface area contributed by atoms with Gasteiger partial charge in [0.05, 0.1) is 6.61 Å². The second-order valence-electron chi connectivity index (χ2n) is 9.03. The molecule has 1 aliphatic heterocycles. The molecule has 0 aromatic heterocycles. The van der Waals surface area contributed by atoms with Crippen molar-refractivity contribution >= 4 is 0 Å². The Kier molecular flexibility index (Phi) is 16.4. The van der Waals surface area contributed by atoms with E-state index < -0.39 is 49.5 Å². The van der Waals surface area contributed by atoms with E-state index in [0.29, 0.717) is 0 Å². The summed E-state index contributed by atoms with van der Waals surface area (Å²) >= 11 is 0. The van der Waals surface area contributed by atoms with Crippen LogP contribution in [0, 0.1) is 0 Å². The third-order valence-electron chi connectivity index (χ3n) is 6.11. The summed E-state index contributed by atoms with van der Waals surface area (Å²) in [6.07, 6.45) is 11.5. The Labute approximate surface area is 193 Å². The van der Waals surface area contributed by atoms with Crippen LogP contribution in [0.3, 0.4) is 0 Å². The molecule has 1 saturated heterocycles.